The van der Waals surface area contributed by atoms with Gasteiger partial charge in [0.05, 0.1) is 10.9 Å². The van der Waals surface area contributed by atoms with Crippen molar-refractivity contribution >= 4 is 15.9 Å². The van der Waals surface area contributed by atoms with Crippen molar-refractivity contribution in [2.75, 3.05) is 6.54 Å². The highest BCUT2D eigenvalue weighted by atomic mass is 32.2. The summed E-state index contributed by atoms with van der Waals surface area (Å²) in [6, 6.07) is 6.37. The number of sulfone groups is 1. The molecule has 3 atom stereocenters. The van der Waals surface area contributed by atoms with Gasteiger partial charge >= 0.3 is 12.3 Å². The van der Waals surface area contributed by atoms with Crippen LogP contribution in [0.3, 0.4) is 0 Å². The minimum absolute atomic E-state index is 0.0184. The monoisotopic (exact) mass is 531 g/mol. The molecular weight excluding hydrogens is 505 g/mol. The van der Waals surface area contributed by atoms with Crippen molar-refractivity contribution in [2.24, 2.45) is 0 Å². The molecule has 1 aliphatic heterocycles. The van der Waals surface area contributed by atoms with Gasteiger partial charge in [0.1, 0.15) is 16.2 Å². The van der Waals surface area contributed by atoms with Crippen LogP contribution in [-0.2, 0) is 31.4 Å². The molecular formula is C25H26F5NO4S. The number of ether oxygens (including phenoxy) is 1. The van der Waals surface area contributed by atoms with Crippen LogP contribution in [0.5, 0.6) is 0 Å². The van der Waals surface area contributed by atoms with Gasteiger partial charge in [0.2, 0.25) is 5.67 Å². The summed E-state index contributed by atoms with van der Waals surface area (Å²) in [6.45, 7) is 5.38. The molecule has 11 heteroatoms. The zero-order chi connectivity index (χ0) is 26.9. The van der Waals surface area contributed by atoms with Crippen molar-refractivity contribution < 1.29 is 39.9 Å². The van der Waals surface area contributed by atoms with Crippen molar-refractivity contribution in [2.45, 2.75) is 73.7 Å². The normalized spacial score (nSPS) is 23.7. The molecule has 2 aromatic rings. The maximum absolute atomic E-state index is 14.7. The van der Waals surface area contributed by atoms with Gasteiger partial charge in [0.25, 0.3) is 0 Å². The number of halogens is 5. The molecule has 0 radical (unpaired) electrons. The molecule has 1 aliphatic carbocycles. The van der Waals surface area contributed by atoms with E-state index in [0.29, 0.717) is 6.92 Å². The second-order valence-corrected chi connectivity index (χ2v) is 12.6. The van der Waals surface area contributed by atoms with Gasteiger partial charge in [-0.3, -0.25) is 0 Å². The molecule has 3 unspecified atom stereocenters. The predicted octanol–water partition coefficient (Wildman–Crippen LogP) is 5.81. The maximum atomic E-state index is 14.7. The van der Waals surface area contributed by atoms with E-state index in [0.717, 1.165) is 36.4 Å². The molecule has 0 spiro atoms. The van der Waals surface area contributed by atoms with Gasteiger partial charge in [0, 0.05) is 6.54 Å². The van der Waals surface area contributed by atoms with Crippen molar-refractivity contribution in [3.63, 3.8) is 0 Å². The van der Waals surface area contributed by atoms with Crippen LogP contribution in [0.4, 0.5) is 26.7 Å². The molecule has 5 nitrogen and oxygen atoms in total. The Labute approximate surface area is 206 Å². The van der Waals surface area contributed by atoms with Crippen molar-refractivity contribution in [3.05, 3.63) is 65.0 Å². The van der Waals surface area contributed by atoms with Crippen LogP contribution in [0.2, 0.25) is 0 Å². The molecule has 1 saturated heterocycles. The average Bonchev–Trinajstić information content (AvgIpc) is 3.27. The maximum Gasteiger partial charge on any atom is 0.426 e. The summed E-state index contributed by atoms with van der Waals surface area (Å²) < 4.78 is 100. The van der Waals surface area contributed by atoms with Gasteiger partial charge in [0.15, 0.2) is 9.84 Å². The second kappa shape index (κ2) is 8.16. The Bertz CT molecular complexity index is 1300. The fraction of sp³-hybridized carbons (Fsp3) is 0.480. The van der Waals surface area contributed by atoms with Crippen LogP contribution in [0.1, 0.15) is 50.8 Å². The minimum Gasteiger partial charge on any atom is -0.444 e. The lowest BCUT2D eigenvalue weighted by atomic mass is 9.91. The zero-order valence-corrected chi connectivity index (χ0v) is 20.9. The molecule has 4 rings (SSSR count). The predicted molar refractivity (Wildman–Crippen MR) is 121 cm³/mol. The largest absolute Gasteiger partial charge is 0.444 e. The van der Waals surface area contributed by atoms with E-state index in [9.17, 15) is 35.2 Å². The lowest BCUT2D eigenvalue weighted by molar-refractivity contribution is -0.228. The van der Waals surface area contributed by atoms with Crippen LogP contribution in [-0.4, -0.2) is 43.8 Å². The highest BCUT2D eigenvalue weighted by Crippen LogP contribution is 2.55. The number of carbonyl (C=O) groups is 1. The van der Waals surface area contributed by atoms with Gasteiger partial charge in [-0.15, -0.1) is 0 Å². The third-order valence-corrected chi connectivity index (χ3v) is 9.47. The quantitative estimate of drug-likeness (QED) is 0.371. The number of rotatable bonds is 3. The third-order valence-electron chi connectivity index (χ3n) is 6.92. The van der Waals surface area contributed by atoms with Crippen LogP contribution in [0.25, 0.3) is 0 Å². The standard InChI is InChI=1S/C25H26F5NO4S/c1-22(2,3)35-21(32)31-12-11-24(36(33,34)18-8-6-17(26)7-9-18)19-10-5-16(13-15(19)14-20(24)31)23(4,27)25(28,29)30/h5-10,13,20H,11-12,14H2,1-4H3. The average molecular weight is 532 g/mol. The Balaban J connectivity index is 1.88. The van der Waals surface area contributed by atoms with E-state index in [1.165, 1.54) is 11.0 Å². The van der Waals surface area contributed by atoms with E-state index in [2.05, 4.69) is 0 Å². The number of alkyl halides is 4. The zero-order valence-electron chi connectivity index (χ0n) is 20.1. The summed E-state index contributed by atoms with van der Waals surface area (Å²) in [7, 11) is -4.29. The number of carbonyl (C=O) groups excluding carboxylic acids is 1. The molecule has 0 saturated carbocycles. The lowest BCUT2D eigenvalue weighted by Crippen LogP contribution is -2.48. The molecule has 2 aromatic carbocycles. The van der Waals surface area contributed by atoms with E-state index in [1.54, 1.807) is 20.8 Å². The highest BCUT2D eigenvalue weighted by molar-refractivity contribution is 7.92. The van der Waals surface area contributed by atoms with E-state index < -0.39 is 55.5 Å². The summed E-state index contributed by atoms with van der Waals surface area (Å²) in [5, 5.41) is 0. The fourth-order valence-corrected chi connectivity index (χ4v) is 7.44. The van der Waals surface area contributed by atoms with Gasteiger partial charge in [-0.25, -0.2) is 22.0 Å². The topological polar surface area (TPSA) is 63.7 Å². The Morgan fingerprint density at radius 2 is 1.64 bits per heavy atom. The molecule has 36 heavy (non-hydrogen) atoms. The van der Waals surface area contributed by atoms with Gasteiger partial charge in [-0.05, 0) is 81.5 Å². The smallest absolute Gasteiger partial charge is 0.426 e. The van der Waals surface area contributed by atoms with Crippen LogP contribution < -0.4 is 0 Å². The highest BCUT2D eigenvalue weighted by Gasteiger charge is 2.63. The first kappa shape index (κ1) is 26.4. The lowest BCUT2D eigenvalue weighted by Gasteiger charge is -2.33. The van der Waals surface area contributed by atoms with Crippen LogP contribution >= 0.6 is 0 Å². The number of nitrogens with zero attached hydrogens (tertiary/aromatic N) is 1. The number of likely N-dealkylation sites (tertiary alicyclic amines) is 1. The molecule has 1 fully saturated rings. The number of hydrogen-bond donors (Lipinski definition) is 0. The Hall–Kier alpha value is -2.69. The second-order valence-electron chi connectivity index (χ2n) is 10.4. The minimum atomic E-state index is -5.18. The van der Waals surface area contributed by atoms with E-state index >= 15 is 0 Å². The van der Waals surface area contributed by atoms with Crippen molar-refractivity contribution in [1.82, 2.24) is 4.90 Å². The third kappa shape index (κ3) is 3.95. The van der Waals surface area contributed by atoms with Gasteiger partial charge < -0.3 is 9.64 Å². The molecule has 1 heterocycles. The molecule has 2 aliphatic rings. The Kier molecular flexibility index (Phi) is 5.98. The molecule has 0 aromatic heterocycles. The first-order valence-corrected chi connectivity index (χ1v) is 12.8. The number of amides is 1. The number of fused-ring (bicyclic) bond motifs is 3. The van der Waals surface area contributed by atoms with Gasteiger partial charge in [-0.1, -0.05) is 18.2 Å². The van der Waals surface area contributed by atoms with Crippen molar-refractivity contribution in [1.29, 1.82) is 0 Å². The summed E-state index contributed by atoms with van der Waals surface area (Å²) in [6.07, 6.45) is -6.12. The Morgan fingerprint density at radius 1 is 1.03 bits per heavy atom. The molecule has 1 amide bonds. The summed E-state index contributed by atoms with van der Waals surface area (Å²) in [4.78, 5) is 14.1. The van der Waals surface area contributed by atoms with Crippen LogP contribution in [0, 0.1) is 5.82 Å². The molecule has 196 valence electrons. The number of benzene rings is 2. The molecule has 0 N–H and O–H groups in total. The Morgan fingerprint density at radius 3 is 2.19 bits per heavy atom. The van der Waals surface area contributed by atoms with Crippen LogP contribution in [0.15, 0.2) is 47.4 Å². The number of hydrogen-bond acceptors (Lipinski definition) is 4. The van der Waals surface area contributed by atoms with Gasteiger partial charge in [-0.2, -0.15) is 13.2 Å². The fourth-order valence-electron chi connectivity index (χ4n) is 5.11. The van der Waals surface area contributed by atoms with E-state index in [1.807, 2.05) is 0 Å². The summed E-state index contributed by atoms with van der Waals surface area (Å²) in [5.41, 5.74) is -4.80. The summed E-state index contributed by atoms with van der Waals surface area (Å²) >= 11 is 0. The van der Waals surface area contributed by atoms with E-state index in [4.69, 9.17) is 4.74 Å². The summed E-state index contributed by atoms with van der Waals surface area (Å²) in [5.74, 6) is -0.643. The van der Waals surface area contributed by atoms with E-state index in [-0.39, 0.29) is 35.4 Å². The van der Waals surface area contributed by atoms with Crippen molar-refractivity contribution in [3.8, 4) is 0 Å². The SMILES string of the molecule is CC(C)(C)OC(=O)N1CCC2(S(=O)(=O)c3ccc(F)cc3)c3ccc(C(C)(F)C(F)(F)F)cc3CC12. The first-order chi connectivity index (χ1) is 16.4. The molecule has 0 bridgehead atoms. The first-order valence-electron chi connectivity index (χ1n) is 11.3.